The molecule has 2 aromatic carbocycles. The number of nitrogens with one attached hydrogen (secondary N) is 1. The molecule has 0 heterocycles. The summed E-state index contributed by atoms with van der Waals surface area (Å²) in [7, 11) is -2.22. The van der Waals surface area contributed by atoms with Crippen LogP contribution in [0, 0.1) is 0 Å². The van der Waals surface area contributed by atoms with Gasteiger partial charge < -0.3 is 10.1 Å². The summed E-state index contributed by atoms with van der Waals surface area (Å²) in [5.74, 6) is -0.0387. The van der Waals surface area contributed by atoms with Gasteiger partial charge in [0.15, 0.2) is 0 Å². The highest BCUT2D eigenvalue weighted by molar-refractivity contribution is 7.92. The predicted octanol–water partition coefficient (Wildman–Crippen LogP) is 3.80. The summed E-state index contributed by atoms with van der Waals surface area (Å²) >= 11 is 11.9. The van der Waals surface area contributed by atoms with Gasteiger partial charge in [-0.3, -0.25) is 9.10 Å². The van der Waals surface area contributed by atoms with Gasteiger partial charge in [-0.05, 0) is 49.4 Å². The third kappa shape index (κ3) is 4.81. The summed E-state index contributed by atoms with van der Waals surface area (Å²) in [6.45, 7) is 1.50. The number of sulfonamides is 1. The third-order valence-electron chi connectivity index (χ3n) is 3.59. The number of halogens is 2. The zero-order valence-electron chi connectivity index (χ0n) is 14.4. The van der Waals surface area contributed by atoms with E-state index in [4.69, 9.17) is 27.9 Å². The molecule has 1 unspecified atom stereocenters. The van der Waals surface area contributed by atoms with Gasteiger partial charge in [-0.1, -0.05) is 23.2 Å². The smallest absolute Gasteiger partial charge is 0.247 e. The van der Waals surface area contributed by atoms with Crippen LogP contribution in [0.2, 0.25) is 10.0 Å². The largest absolute Gasteiger partial charge is 0.495 e. The molecule has 0 saturated heterocycles. The molecule has 9 heteroatoms. The minimum Gasteiger partial charge on any atom is -0.495 e. The van der Waals surface area contributed by atoms with E-state index in [0.717, 1.165) is 10.6 Å². The molecule has 2 rings (SSSR count). The zero-order chi connectivity index (χ0) is 19.5. The van der Waals surface area contributed by atoms with Crippen molar-refractivity contribution in [3.63, 3.8) is 0 Å². The Labute approximate surface area is 162 Å². The maximum absolute atomic E-state index is 12.6. The number of ether oxygens (including phenoxy) is 1. The van der Waals surface area contributed by atoms with Crippen molar-refractivity contribution in [2.45, 2.75) is 13.0 Å². The van der Waals surface area contributed by atoms with Crippen LogP contribution in [-0.2, 0) is 14.8 Å². The predicted molar refractivity (Wildman–Crippen MR) is 105 cm³/mol. The van der Waals surface area contributed by atoms with Crippen LogP contribution >= 0.6 is 23.2 Å². The summed E-state index contributed by atoms with van der Waals surface area (Å²) in [6.07, 6.45) is 1.04. The highest BCUT2D eigenvalue weighted by Gasteiger charge is 2.29. The summed E-state index contributed by atoms with van der Waals surface area (Å²) in [5.41, 5.74) is 0.768. The Kier molecular flexibility index (Phi) is 6.39. The monoisotopic (exact) mass is 416 g/mol. The zero-order valence-corrected chi connectivity index (χ0v) is 16.7. The number of amides is 1. The average molecular weight is 417 g/mol. The van der Waals surface area contributed by atoms with E-state index in [9.17, 15) is 13.2 Å². The molecule has 1 N–H and O–H groups in total. The van der Waals surface area contributed by atoms with Crippen molar-refractivity contribution >= 4 is 50.5 Å². The number of rotatable bonds is 6. The van der Waals surface area contributed by atoms with Crippen LogP contribution in [0.5, 0.6) is 5.75 Å². The Morgan fingerprint density at radius 1 is 1.15 bits per heavy atom. The van der Waals surface area contributed by atoms with Crippen LogP contribution in [0.1, 0.15) is 6.92 Å². The van der Waals surface area contributed by atoms with Crippen molar-refractivity contribution in [2.24, 2.45) is 0 Å². The van der Waals surface area contributed by atoms with Gasteiger partial charge in [0.05, 0.1) is 24.1 Å². The first-order chi connectivity index (χ1) is 12.1. The van der Waals surface area contributed by atoms with Gasteiger partial charge in [0.2, 0.25) is 15.9 Å². The minimum absolute atomic E-state index is 0.329. The maximum atomic E-state index is 12.6. The molecule has 0 saturated carbocycles. The van der Waals surface area contributed by atoms with Crippen molar-refractivity contribution in [2.75, 3.05) is 23.0 Å². The molecule has 2 aromatic rings. The number of anilines is 2. The van der Waals surface area contributed by atoms with Crippen molar-refractivity contribution in [3.05, 3.63) is 52.5 Å². The van der Waals surface area contributed by atoms with Gasteiger partial charge in [0.1, 0.15) is 11.8 Å². The van der Waals surface area contributed by atoms with E-state index in [1.165, 1.54) is 32.2 Å². The first kappa shape index (κ1) is 20.4. The fourth-order valence-corrected chi connectivity index (χ4v) is 3.95. The number of nitrogens with zero attached hydrogens (tertiary/aromatic N) is 1. The van der Waals surface area contributed by atoms with E-state index in [-0.39, 0.29) is 0 Å². The van der Waals surface area contributed by atoms with Crippen LogP contribution in [0.15, 0.2) is 42.5 Å². The molecule has 26 heavy (non-hydrogen) atoms. The third-order valence-corrected chi connectivity index (χ3v) is 5.38. The summed E-state index contributed by atoms with van der Waals surface area (Å²) < 4.78 is 30.5. The Balaban J connectivity index is 2.27. The van der Waals surface area contributed by atoms with Crippen LogP contribution < -0.4 is 14.4 Å². The quantitative estimate of drug-likeness (QED) is 0.776. The summed E-state index contributed by atoms with van der Waals surface area (Å²) in [6, 6.07) is 9.95. The van der Waals surface area contributed by atoms with Gasteiger partial charge in [0, 0.05) is 10.7 Å². The van der Waals surface area contributed by atoms with Crippen LogP contribution in [-0.4, -0.2) is 33.7 Å². The van der Waals surface area contributed by atoms with E-state index < -0.39 is 22.0 Å². The molecule has 0 fully saturated rings. The molecule has 0 radical (unpaired) electrons. The lowest BCUT2D eigenvalue weighted by Gasteiger charge is -2.28. The molecular formula is C17H18Cl2N2O4S. The summed E-state index contributed by atoms with van der Waals surface area (Å²) in [4.78, 5) is 12.6. The molecule has 0 bridgehead atoms. The second-order valence-electron chi connectivity index (χ2n) is 5.55. The van der Waals surface area contributed by atoms with E-state index >= 15 is 0 Å². The number of benzene rings is 2. The van der Waals surface area contributed by atoms with Crippen LogP contribution in [0.3, 0.4) is 0 Å². The number of carbonyl (C=O) groups is 1. The van der Waals surface area contributed by atoms with E-state index in [1.54, 1.807) is 24.3 Å². The van der Waals surface area contributed by atoms with Gasteiger partial charge in [0.25, 0.3) is 0 Å². The lowest BCUT2D eigenvalue weighted by molar-refractivity contribution is -0.116. The highest BCUT2D eigenvalue weighted by Crippen LogP contribution is 2.28. The minimum atomic E-state index is -3.70. The SMILES string of the molecule is COc1ccc(NC(=O)C(C)N(c2ccc(Cl)cc2)S(C)(=O)=O)cc1Cl. The molecule has 0 aliphatic heterocycles. The van der Waals surface area contributed by atoms with Crippen LogP contribution in [0.25, 0.3) is 0 Å². The molecule has 0 aromatic heterocycles. The van der Waals surface area contributed by atoms with E-state index in [2.05, 4.69) is 5.32 Å². The Hall–Kier alpha value is -1.96. The van der Waals surface area contributed by atoms with Crippen molar-refractivity contribution in [1.82, 2.24) is 0 Å². The molecule has 0 aliphatic rings. The Bertz CT molecular complexity index is 901. The second kappa shape index (κ2) is 8.16. The molecule has 0 aliphatic carbocycles. The van der Waals surface area contributed by atoms with Gasteiger partial charge >= 0.3 is 0 Å². The first-order valence-corrected chi connectivity index (χ1v) is 10.1. The Morgan fingerprint density at radius 2 is 1.77 bits per heavy atom. The molecule has 1 amide bonds. The van der Waals surface area contributed by atoms with E-state index in [1.807, 2.05) is 0 Å². The lowest BCUT2D eigenvalue weighted by atomic mass is 10.2. The standard InChI is InChI=1S/C17H18Cl2N2O4S/c1-11(17(22)20-13-6-9-16(25-2)15(19)10-13)21(26(3,23)24)14-7-4-12(18)5-8-14/h4-11H,1-3H3,(H,20,22). The number of hydrogen-bond acceptors (Lipinski definition) is 4. The fraction of sp³-hybridized carbons (Fsp3) is 0.235. The fourth-order valence-electron chi connectivity index (χ4n) is 2.39. The second-order valence-corrected chi connectivity index (χ2v) is 8.25. The average Bonchev–Trinajstić information content (AvgIpc) is 2.55. The highest BCUT2D eigenvalue weighted by atomic mass is 35.5. The molecule has 0 spiro atoms. The molecular weight excluding hydrogens is 399 g/mol. The van der Waals surface area contributed by atoms with Gasteiger partial charge in [-0.15, -0.1) is 0 Å². The van der Waals surface area contributed by atoms with Crippen molar-refractivity contribution in [3.8, 4) is 5.75 Å². The first-order valence-electron chi connectivity index (χ1n) is 7.53. The lowest BCUT2D eigenvalue weighted by Crippen LogP contribution is -2.45. The Morgan fingerprint density at radius 3 is 2.27 bits per heavy atom. The summed E-state index contributed by atoms with van der Waals surface area (Å²) in [5, 5.41) is 3.45. The van der Waals surface area contributed by atoms with Crippen molar-refractivity contribution in [1.29, 1.82) is 0 Å². The molecule has 6 nitrogen and oxygen atoms in total. The molecule has 1 atom stereocenters. The number of hydrogen-bond donors (Lipinski definition) is 1. The topological polar surface area (TPSA) is 75.7 Å². The maximum Gasteiger partial charge on any atom is 0.247 e. The van der Waals surface area contributed by atoms with Crippen molar-refractivity contribution < 1.29 is 17.9 Å². The van der Waals surface area contributed by atoms with Crippen LogP contribution in [0.4, 0.5) is 11.4 Å². The normalized spacial score (nSPS) is 12.3. The number of methoxy groups -OCH3 is 1. The van der Waals surface area contributed by atoms with E-state index in [0.29, 0.717) is 27.2 Å². The number of carbonyl (C=O) groups excluding carboxylic acids is 1. The van der Waals surface area contributed by atoms with Gasteiger partial charge in [-0.2, -0.15) is 0 Å². The molecule has 140 valence electrons. The van der Waals surface area contributed by atoms with Gasteiger partial charge in [-0.25, -0.2) is 8.42 Å².